The third-order valence-corrected chi connectivity index (χ3v) is 16.0. The van der Waals surface area contributed by atoms with Gasteiger partial charge < -0.3 is 21.6 Å². The van der Waals surface area contributed by atoms with E-state index >= 15 is 0 Å². The molecule has 0 aliphatic rings. The van der Waals surface area contributed by atoms with Gasteiger partial charge in [0.25, 0.3) is 0 Å². The van der Waals surface area contributed by atoms with Crippen LogP contribution >= 0.6 is 0 Å². The molecule has 0 spiro atoms. The van der Waals surface area contributed by atoms with Crippen molar-refractivity contribution < 1.29 is 26.4 Å². The summed E-state index contributed by atoms with van der Waals surface area (Å²) in [5.74, 6) is -0.322. The van der Waals surface area contributed by atoms with Crippen LogP contribution in [0.2, 0.25) is 65.0 Å². The number of esters is 1. The van der Waals surface area contributed by atoms with Gasteiger partial charge in [-0.2, -0.15) is 0 Å². The number of hydrogen-bond acceptors (Lipinski definition) is 5. The summed E-state index contributed by atoms with van der Waals surface area (Å²) in [7, 11) is -4.00. The topological polar surface area (TPSA) is 54.0 Å². The molecule has 0 bridgehead atoms. The zero-order valence-corrected chi connectivity index (χ0v) is 25.7. The number of nitrogens with zero attached hydrogens (tertiary/aromatic N) is 1. The van der Waals surface area contributed by atoms with Gasteiger partial charge in [-0.15, -0.1) is 0 Å². The molecule has 0 heterocycles. The van der Waals surface area contributed by atoms with Crippen LogP contribution in [0.25, 0.3) is 0 Å². The molecule has 30 heavy (non-hydrogen) atoms. The Morgan fingerprint density at radius 1 is 0.800 bits per heavy atom. The minimum absolute atomic E-state index is 0.322. The van der Waals surface area contributed by atoms with E-state index in [0.29, 0.717) is 12.2 Å². The van der Waals surface area contributed by atoms with Gasteiger partial charge in [0, 0.05) is 18.0 Å². The second-order valence-electron chi connectivity index (χ2n) is 11.7. The summed E-state index contributed by atoms with van der Waals surface area (Å²) in [6.45, 7) is 27.3. The van der Waals surface area contributed by atoms with E-state index in [0.717, 1.165) is 30.0 Å². The first-order valence-corrected chi connectivity index (χ1v) is 23.1. The van der Waals surface area contributed by atoms with Gasteiger partial charge in [-0.1, -0.05) is 6.58 Å². The molecule has 0 aromatic carbocycles. The van der Waals surface area contributed by atoms with E-state index in [-0.39, 0.29) is 5.97 Å². The van der Waals surface area contributed by atoms with Crippen LogP contribution in [0.5, 0.6) is 0 Å². The van der Waals surface area contributed by atoms with Crippen molar-refractivity contribution in [2.24, 2.45) is 0 Å². The number of rotatable bonds is 14. The molecule has 0 aromatic rings. The minimum Gasteiger partial charge on any atom is -0.456 e. The van der Waals surface area contributed by atoms with Crippen LogP contribution in [0, 0.1) is 0 Å². The Kier molecular flexibility index (Phi) is 11.1. The monoisotopic (exact) mass is 494 g/mol. The molecule has 0 atom stereocenters. The molecule has 0 saturated carbocycles. The summed E-state index contributed by atoms with van der Waals surface area (Å²) in [5.41, 5.74) is 0.437. The van der Waals surface area contributed by atoms with Gasteiger partial charge in [0.2, 0.25) is 0 Å². The number of hydrogen-bond donors (Lipinski definition) is 0. The minimum atomic E-state index is -2.79. The van der Waals surface area contributed by atoms with Crippen molar-refractivity contribution in [2.75, 3.05) is 33.8 Å². The van der Waals surface area contributed by atoms with Crippen molar-refractivity contribution in [1.82, 2.24) is 0 Å². The lowest BCUT2D eigenvalue weighted by Gasteiger charge is -2.43. The van der Waals surface area contributed by atoms with Crippen LogP contribution in [0.3, 0.4) is 0 Å². The molecular weight excluding hydrogens is 447 g/mol. The van der Waals surface area contributed by atoms with Crippen molar-refractivity contribution >= 4 is 39.7 Å². The molecule has 0 N–H and O–H groups in total. The van der Waals surface area contributed by atoms with E-state index in [1.165, 1.54) is 0 Å². The van der Waals surface area contributed by atoms with E-state index in [1.807, 2.05) is 0 Å². The Morgan fingerprint density at radius 2 is 1.20 bits per heavy atom. The lowest BCUT2D eigenvalue weighted by Crippen LogP contribution is -2.60. The zero-order valence-electron chi connectivity index (χ0n) is 21.7. The smallest absolute Gasteiger partial charge is 0.456 e. The first-order chi connectivity index (χ1) is 13.2. The lowest BCUT2D eigenvalue weighted by atomic mass is 10.3. The van der Waals surface area contributed by atoms with Crippen LogP contribution < -0.4 is 0 Å². The summed E-state index contributed by atoms with van der Waals surface area (Å²) in [6, 6.07) is 0.832. The first kappa shape index (κ1) is 29.9. The van der Waals surface area contributed by atoms with Gasteiger partial charge in [0.15, 0.2) is 25.0 Å². The van der Waals surface area contributed by atoms with Gasteiger partial charge in [0.05, 0.1) is 20.6 Å². The van der Waals surface area contributed by atoms with E-state index in [2.05, 4.69) is 79.6 Å². The summed E-state index contributed by atoms with van der Waals surface area (Å²) in [4.78, 5) is 11.6. The molecule has 0 radical (unpaired) electrons. The van der Waals surface area contributed by atoms with Crippen molar-refractivity contribution in [3.8, 4) is 0 Å². The average molecular weight is 495 g/mol. The van der Waals surface area contributed by atoms with Gasteiger partial charge in [0.1, 0.15) is 13.2 Å². The fourth-order valence-electron chi connectivity index (χ4n) is 2.96. The predicted molar refractivity (Wildman–Crippen MR) is 136 cm³/mol. The van der Waals surface area contributed by atoms with Gasteiger partial charge in [-0.3, -0.25) is 0 Å². The molecular formula is C20H48NO5Si4+. The highest BCUT2D eigenvalue weighted by molar-refractivity contribution is 6.90. The van der Waals surface area contributed by atoms with Crippen LogP contribution in [0.1, 0.15) is 13.3 Å². The SMILES string of the molecule is C=C(C)C(=O)OCC[N+](C)(C)CCC[Si](O[Si](C)(C)C)(O[Si](C)(C)C)O[Si](C)(C)C. The molecule has 6 nitrogen and oxygen atoms in total. The van der Waals surface area contributed by atoms with Crippen molar-refractivity contribution in [2.45, 2.75) is 78.3 Å². The third-order valence-electron chi connectivity index (χ3n) is 3.91. The Balaban J connectivity index is 5.25. The molecule has 0 saturated heterocycles. The van der Waals surface area contributed by atoms with E-state index in [1.54, 1.807) is 6.92 Å². The standard InChI is InChI=1S/C20H48NO5Si4/c1-19(2)20(22)23-17-16-21(3,4)15-14-18-30(24-27(5,6)7,25-28(8,9)10)26-29(11,12)13/h1,14-18H2,2-13H3/q+1. The lowest BCUT2D eigenvalue weighted by molar-refractivity contribution is -0.890. The molecule has 0 amide bonds. The molecule has 0 fully saturated rings. The Hall–Kier alpha value is -0.0825. The first-order valence-electron chi connectivity index (χ1n) is 10.9. The third kappa shape index (κ3) is 14.8. The normalized spacial score (nSPS) is 14.0. The number of quaternary nitrogens is 1. The van der Waals surface area contributed by atoms with Crippen molar-refractivity contribution in [3.05, 3.63) is 12.2 Å². The largest absolute Gasteiger partial charge is 0.469 e. The summed E-state index contributed by atoms with van der Waals surface area (Å²) in [6.07, 6.45) is 0.951. The quantitative estimate of drug-likeness (QED) is 0.146. The summed E-state index contributed by atoms with van der Waals surface area (Å²) in [5, 5.41) is 0. The van der Waals surface area contributed by atoms with Crippen LogP contribution in [0.4, 0.5) is 0 Å². The maximum atomic E-state index is 11.6. The van der Waals surface area contributed by atoms with E-state index in [9.17, 15) is 4.79 Å². The Bertz CT molecular complexity index is 536. The highest BCUT2D eigenvalue weighted by atomic mass is 28.5. The Morgan fingerprint density at radius 3 is 1.53 bits per heavy atom. The highest BCUT2D eigenvalue weighted by Gasteiger charge is 2.49. The molecule has 0 aliphatic heterocycles. The maximum Gasteiger partial charge on any atom is 0.469 e. The fraction of sp³-hybridized carbons (Fsp3) is 0.850. The van der Waals surface area contributed by atoms with Crippen molar-refractivity contribution in [3.63, 3.8) is 0 Å². The Labute approximate surface area is 190 Å². The number of carbonyl (C=O) groups is 1. The fourth-order valence-corrected chi connectivity index (χ4v) is 17.6. The zero-order chi connectivity index (χ0) is 24.0. The molecule has 0 rings (SSSR count). The summed E-state index contributed by atoms with van der Waals surface area (Å²) >= 11 is 0. The molecule has 0 aliphatic carbocycles. The van der Waals surface area contributed by atoms with Gasteiger partial charge >= 0.3 is 14.8 Å². The predicted octanol–water partition coefficient (Wildman–Crippen LogP) is 5.07. The number of likely N-dealkylation sites (N-methyl/N-ethyl adjacent to an activating group) is 1. The molecule has 0 unspecified atom stereocenters. The summed E-state index contributed by atoms with van der Waals surface area (Å²) < 4.78 is 26.3. The van der Waals surface area contributed by atoms with E-state index in [4.69, 9.17) is 17.1 Å². The average Bonchev–Trinajstić information content (AvgIpc) is 2.40. The molecule has 10 heteroatoms. The second-order valence-corrected chi connectivity index (χ2v) is 28.7. The van der Waals surface area contributed by atoms with Crippen LogP contribution in [-0.4, -0.2) is 78.0 Å². The number of ether oxygens (including phenoxy) is 1. The maximum absolute atomic E-state index is 11.6. The van der Waals surface area contributed by atoms with Gasteiger partial charge in [-0.05, 0) is 65.8 Å². The van der Waals surface area contributed by atoms with Crippen LogP contribution in [0.15, 0.2) is 12.2 Å². The second kappa shape index (κ2) is 11.2. The van der Waals surface area contributed by atoms with E-state index < -0.39 is 33.8 Å². The van der Waals surface area contributed by atoms with Crippen LogP contribution in [-0.2, 0) is 21.9 Å². The molecule has 0 aromatic heterocycles. The van der Waals surface area contributed by atoms with Crippen molar-refractivity contribution in [1.29, 1.82) is 0 Å². The molecule has 178 valence electrons. The van der Waals surface area contributed by atoms with Gasteiger partial charge in [-0.25, -0.2) is 4.79 Å². The highest BCUT2D eigenvalue weighted by Crippen LogP contribution is 2.30. The number of carbonyl (C=O) groups excluding carboxylic acids is 1.